The molecule has 1 fully saturated rings. The Balaban J connectivity index is 1.58. The van der Waals surface area contributed by atoms with Crippen LogP contribution < -0.4 is 4.90 Å². The summed E-state index contributed by atoms with van der Waals surface area (Å²) in [4.78, 5) is 29.9. The number of nitrogens with zero attached hydrogens (tertiary/aromatic N) is 6. The van der Waals surface area contributed by atoms with E-state index in [2.05, 4.69) is 20.1 Å². The smallest absolute Gasteiger partial charge is 0.258 e. The lowest BCUT2D eigenvalue weighted by atomic mass is 10.1. The van der Waals surface area contributed by atoms with Crippen LogP contribution in [0.25, 0.3) is 11.5 Å². The monoisotopic (exact) mass is 394 g/mol. The van der Waals surface area contributed by atoms with Crippen LogP contribution >= 0.6 is 0 Å². The van der Waals surface area contributed by atoms with Crippen molar-refractivity contribution in [3.05, 3.63) is 53.6 Å². The van der Waals surface area contributed by atoms with E-state index in [-0.39, 0.29) is 12.0 Å². The Hall–Kier alpha value is -3.33. The molecule has 29 heavy (non-hydrogen) atoms. The molecule has 2 aromatic heterocycles. The number of rotatable bonds is 4. The predicted octanol–water partition coefficient (Wildman–Crippen LogP) is 2.11. The molecule has 3 heterocycles. The molecule has 1 atom stereocenters. The Kier molecular flexibility index (Phi) is 5.22. The molecule has 1 amide bonds. The zero-order valence-electron chi connectivity index (χ0n) is 16.6. The summed E-state index contributed by atoms with van der Waals surface area (Å²) in [5.41, 5.74) is 1.90. The Labute approximate surface area is 168 Å². The van der Waals surface area contributed by atoms with Crippen LogP contribution in [0, 0.1) is 6.92 Å². The van der Waals surface area contributed by atoms with E-state index in [1.807, 2.05) is 43.3 Å². The fourth-order valence-corrected chi connectivity index (χ4v) is 3.20. The average Bonchev–Trinajstić information content (AvgIpc) is 3.19. The summed E-state index contributed by atoms with van der Waals surface area (Å²) >= 11 is 0. The number of morpholine rings is 1. The minimum Gasteiger partial charge on any atom is -0.368 e. The van der Waals surface area contributed by atoms with Gasteiger partial charge in [-0.25, -0.2) is 9.97 Å². The third-order valence-corrected chi connectivity index (χ3v) is 4.66. The topological polar surface area (TPSA) is 97.5 Å². The highest BCUT2D eigenvalue weighted by molar-refractivity contribution is 6.00. The van der Waals surface area contributed by atoms with Crippen molar-refractivity contribution in [2.24, 2.45) is 0 Å². The third kappa shape index (κ3) is 3.95. The summed E-state index contributed by atoms with van der Waals surface area (Å²) < 4.78 is 11.2. The van der Waals surface area contributed by atoms with E-state index in [1.54, 1.807) is 24.1 Å². The third-order valence-electron chi connectivity index (χ3n) is 4.66. The second kappa shape index (κ2) is 7.96. The highest BCUT2D eigenvalue weighted by Crippen LogP contribution is 2.27. The van der Waals surface area contributed by atoms with Crippen molar-refractivity contribution in [3.63, 3.8) is 0 Å². The minimum absolute atomic E-state index is 0.105. The first kappa shape index (κ1) is 19.0. The molecule has 0 saturated carbocycles. The molecular formula is C20H22N6O3. The number of aryl methyl sites for hydroxylation is 1. The van der Waals surface area contributed by atoms with Crippen LogP contribution in [-0.2, 0) is 4.74 Å². The molecule has 4 rings (SSSR count). The molecule has 0 bridgehead atoms. The molecule has 0 N–H and O–H groups in total. The van der Waals surface area contributed by atoms with E-state index in [0.717, 1.165) is 5.69 Å². The number of hydrogen-bond donors (Lipinski definition) is 0. The molecule has 9 heteroatoms. The first-order valence-electron chi connectivity index (χ1n) is 9.34. The number of carbonyl (C=O) groups excluding carboxylic acids is 1. The maximum absolute atomic E-state index is 13.3. The number of amides is 1. The molecule has 150 valence electrons. The zero-order chi connectivity index (χ0) is 20.4. The summed E-state index contributed by atoms with van der Waals surface area (Å²) in [5, 5.41) is 3.83. The summed E-state index contributed by atoms with van der Waals surface area (Å²) in [7, 11) is 3.76. The summed E-state index contributed by atoms with van der Waals surface area (Å²) in [5.74, 6) is 1.36. The maximum Gasteiger partial charge on any atom is 0.258 e. The van der Waals surface area contributed by atoms with Gasteiger partial charge in [0.05, 0.1) is 30.0 Å². The Morgan fingerprint density at radius 3 is 2.79 bits per heavy atom. The molecule has 0 radical (unpaired) electrons. The van der Waals surface area contributed by atoms with Gasteiger partial charge in [0.1, 0.15) is 6.10 Å². The SMILES string of the molecule is Cc1noc(-c2ccccc2C(=O)N2CCOC(c3ccnc(N(C)C)n3)C2)n1. The van der Waals surface area contributed by atoms with Crippen LogP contribution in [-0.4, -0.2) is 64.7 Å². The number of carbonyl (C=O) groups is 1. The first-order valence-corrected chi connectivity index (χ1v) is 9.34. The lowest BCUT2D eigenvalue weighted by molar-refractivity contribution is -0.0247. The van der Waals surface area contributed by atoms with Crippen molar-refractivity contribution < 1.29 is 14.1 Å². The van der Waals surface area contributed by atoms with Crippen LogP contribution in [0.4, 0.5) is 5.95 Å². The molecule has 1 saturated heterocycles. The van der Waals surface area contributed by atoms with E-state index in [0.29, 0.717) is 48.5 Å². The number of anilines is 1. The van der Waals surface area contributed by atoms with Gasteiger partial charge in [0, 0.05) is 26.8 Å². The molecule has 0 aliphatic carbocycles. The molecule has 1 aliphatic rings. The van der Waals surface area contributed by atoms with Gasteiger partial charge in [-0.3, -0.25) is 4.79 Å². The standard InChI is InChI=1S/C20H22N6O3/c1-13-22-18(29-24-13)14-6-4-5-7-15(14)19(27)26-10-11-28-17(12-26)16-8-9-21-20(23-16)25(2)3/h4-9,17H,10-12H2,1-3H3. The molecular weight excluding hydrogens is 372 g/mol. The normalized spacial score (nSPS) is 16.7. The lowest BCUT2D eigenvalue weighted by Gasteiger charge is -2.33. The number of aromatic nitrogens is 4. The summed E-state index contributed by atoms with van der Waals surface area (Å²) in [6.07, 6.45) is 1.39. The van der Waals surface area contributed by atoms with E-state index in [1.165, 1.54) is 0 Å². The van der Waals surface area contributed by atoms with E-state index in [9.17, 15) is 4.79 Å². The van der Waals surface area contributed by atoms with Crippen molar-refractivity contribution in [1.82, 2.24) is 25.0 Å². The van der Waals surface area contributed by atoms with Gasteiger partial charge in [0.25, 0.3) is 11.8 Å². The molecule has 1 aliphatic heterocycles. The van der Waals surface area contributed by atoms with Gasteiger partial charge in [-0.2, -0.15) is 4.98 Å². The largest absolute Gasteiger partial charge is 0.368 e. The number of benzene rings is 1. The molecule has 3 aromatic rings. The average molecular weight is 394 g/mol. The highest BCUT2D eigenvalue weighted by atomic mass is 16.5. The Bertz CT molecular complexity index is 1020. The van der Waals surface area contributed by atoms with Gasteiger partial charge in [-0.15, -0.1) is 0 Å². The van der Waals surface area contributed by atoms with Gasteiger partial charge in [0.2, 0.25) is 5.95 Å². The quantitative estimate of drug-likeness (QED) is 0.664. The van der Waals surface area contributed by atoms with Crippen LogP contribution in [0.1, 0.15) is 28.0 Å². The van der Waals surface area contributed by atoms with Crippen molar-refractivity contribution in [1.29, 1.82) is 0 Å². The van der Waals surface area contributed by atoms with Crippen molar-refractivity contribution in [2.45, 2.75) is 13.0 Å². The second-order valence-corrected chi connectivity index (χ2v) is 6.98. The summed E-state index contributed by atoms with van der Waals surface area (Å²) in [6.45, 7) is 3.07. The molecule has 1 unspecified atom stereocenters. The van der Waals surface area contributed by atoms with Crippen molar-refractivity contribution >= 4 is 11.9 Å². The fourth-order valence-electron chi connectivity index (χ4n) is 3.20. The second-order valence-electron chi connectivity index (χ2n) is 6.98. The van der Waals surface area contributed by atoms with Crippen molar-refractivity contribution in [2.75, 3.05) is 38.7 Å². The van der Waals surface area contributed by atoms with Gasteiger partial charge >= 0.3 is 0 Å². The van der Waals surface area contributed by atoms with Crippen LogP contribution in [0.15, 0.2) is 41.1 Å². The van der Waals surface area contributed by atoms with Gasteiger partial charge in [-0.05, 0) is 25.1 Å². The first-order chi connectivity index (χ1) is 14.0. The van der Waals surface area contributed by atoms with E-state index >= 15 is 0 Å². The van der Waals surface area contributed by atoms with E-state index < -0.39 is 0 Å². The van der Waals surface area contributed by atoms with E-state index in [4.69, 9.17) is 9.26 Å². The predicted molar refractivity (Wildman–Crippen MR) is 105 cm³/mol. The highest BCUT2D eigenvalue weighted by Gasteiger charge is 2.29. The Morgan fingerprint density at radius 2 is 2.03 bits per heavy atom. The van der Waals surface area contributed by atoms with Crippen molar-refractivity contribution in [3.8, 4) is 11.5 Å². The lowest BCUT2D eigenvalue weighted by Crippen LogP contribution is -2.42. The van der Waals surface area contributed by atoms with Crippen LogP contribution in [0.2, 0.25) is 0 Å². The summed E-state index contributed by atoms with van der Waals surface area (Å²) in [6, 6.07) is 9.08. The molecule has 1 aromatic carbocycles. The maximum atomic E-state index is 13.3. The molecule has 9 nitrogen and oxygen atoms in total. The fraction of sp³-hybridized carbons (Fsp3) is 0.350. The van der Waals surface area contributed by atoms with Gasteiger partial charge < -0.3 is 19.1 Å². The minimum atomic E-state index is -0.313. The van der Waals surface area contributed by atoms with Gasteiger partial charge in [-0.1, -0.05) is 17.3 Å². The van der Waals surface area contributed by atoms with Crippen LogP contribution in [0.5, 0.6) is 0 Å². The number of ether oxygens (including phenoxy) is 1. The van der Waals surface area contributed by atoms with Gasteiger partial charge in [0.15, 0.2) is 5.82 Å². The van der Waals surface area contributed by atoms with Crippen LogP contribution in [0.3, 0.4) is 0 Å². The zero-order valence-corrected chi connectivity index (χ0v) is 16.6. The number of hydrogen-bond acceptors (Lipinski definition) is 8. The molecule has 0 spiro atoms. The Morgan fingerprint density at radius 1 is 1.21 bits per heavy atom.